The number of fused-ring (bicyclic) bond motifs is 1. The zero-order valence-electron chi connectivity index (χ0n) is 17.0. The summed E-state index contributed by atoms with van der Waals surface area (Å²) in [5.74, 6) is -1.07. The summed E-state index contributed by atoms with van der Waals surface area (Å²) in [6.07, 6.45) is -7.73. The molecule has 0 saturated carbocycles. The molecular weight excluding hydrogens is 450 g/mol. The van der Waals surface area contributed by atoms with Gasteiger partial charge in [-0.2, -0.15) is 31.3 Å². The van der Waals surface area contributed by atoms with Crippen molar-refractivity contribution in [2.75, 3.05) is 29.5 Å². The van der Waals surface area contributed by atoms with Gasteiger partial charge in [0.15, 0.2) is 0 Å². The topological polar surface area (TPSA) is 93.9 Å². The van der Waals surface area contributed by atoms with Crippen LogP contribution in [0.4, 0.5) is 43.9 Å². The average molecular weight is 468 g/mol. The lowest BCUT2D eigenvalue weighted by molar-refractivity contribution is -0.138. The van der Waals surface area contributed by atoms with Gasteiger partial charge in [-0.3, -0.25) is 0 Å². The number of pyridine rings is 1. The van der Waals surface area contributed by atoms with Crippen LogP contribution in [-0.2, 0) is 18.8 Å². The van der Waals surface area contributed by atoms with Crippen LogP contribution in [0.2, 0.25) is 0 Å². The van der Waals surface area contributed by atoms with Gasteiger partial charge in [0.2, 0.25) is 5.95 Å². The molecule has 3 heterocycles. The molecule has 4 rings (SSSR count). The average Bonchev–Trinajstić information content (AvgIpc) is 2.92. The lowest BCUT2D eigenvalue weighted by atomic mass is 9.89. The molecule has 1 atom stereocenters. The molecule has 33 heavy (non-hydrogen) atoms. The van der Waals surface area contributed by atoms with E-state index in [4.69, 9.17) is 11.5 Å². The van der Waals surface area contributed by atoms with Crippen molar-refractivity contribution in [3.63, 3.8) is 0 Å². The van der Waals surface area contributed by atoms with Gasteiger partial charge in [0.05, 0.1) is 16.8 Å². The normalized spacial score (nSPS) is 16.9. The molecule has 0 radical (unpaired) electrons. The van der Waals surface area contributed by atoms with E-state index >= 15 is 0 Å². The van der Waals surface area contributed by atoms with Crippen LogP contribution in [0.3, 0.4) is 0 Å². The van der Waals surface area contributed by atoms with Crippen molar-refractivity contribution in [1.29, 1.82) is 0 Å². The van der Waals surface area contributed by atoms with Crippen molar-refractivity contribution in [3.05, 3.63) is 70.5 Å². The Hall–Kier alpha value is -3.57. The highest BCUT2D eigenvalue weighted by molar-refractivity contribution is 5.56. The standard InChI is InChI=1S/C21H18F6N6/c22-20(23,24)12-5-3-11(4-6-12)13-10-33(18-14(21(25,26)27)2-1-8-30-18)9-7-15-16(13)17(28)32-19(29)31-15/h1-6,8,13H,7,9-10H2,(H4,28,29,31,32). The van der Waals surface area contributed by atoms with Gasteiger partial charge in [0.25, 0.3) is 0 Å². The first kappa shape index (κ1) is 22.6. The third-order valence-corrected chi connectivity index (χ3v) is 5.47. The minimum absolute atomic E-state index is 0.0290. The molecular formula is C21H18F6N6. The Morgan fingerprint density at radius 1 is 0.909 bits per heavy atom. The van der Waals surface area contributed by atoms with Crippen LogP contribution in [0.5, 0.6) is 0 Å². The van der Waals surface area contributed by atoms with Gasteiger partial charge in [0.1, 0.15) is 11.6 Å². The molecule has 2 aromatic heterocycles. The first-order valence-corrected chi connectivity index (χ1v) is 9.81. The fourth-order valence-electron chi connectivity index (χ4n) is 4.01. The molecule has 0 amide bonds. The quantitative estimate of drug-likeness (QED) is 0.546. The lowest BCUT2D eigenvalue weighted by Crippen LogP contribution is -2.31. The molecule has 174 valence electrons. The van der Waals surface area contributed by atoms with Crippen molar-refractivity contribution >= 4 is 17.6 Å². The minimum atomic E-state index is -4.64. The van der Waals surface area contributed by atoms with Crippen LogP contribution in [0.25, 0.3) is 0 Å². The highest BCUT2D eigenvalue weighted by atomic mass is 19.4. The van der Waals surface area contributed by atoms with E-state index < -0.39 is 29.4 Å². The van der Waals surface area contributed by atoms with Crippen LogP contribution >= 0.6 is 0 Å². The van der Waals surface area contributed by atoms with Crippen LogP contribution < -0.4 is 16.4 Å². The summed E-state index contributed by atoms with van der Waals surface area (Å²) in [7, 11) is 0. The monoisotopic (exact) mass is 468 g/mol. The van der Waals surface area contributed by atoms with Gasteiger partial charge in [-0.1, -0.05) is 12.1 Å². The first-order valence-electron chi connectivity index (χ1n) is 9.81. The Balaban J connectivity index is 1.83. The summed E-state index contributed by atoms with van der Waals surface area (Å²) in [5.41, 5.74) is 11.3. The molecule has 0 aliphatic carbocycles. The fourth-order valence-corrected chi connectivity index (χ4v) is 4.01. The number of alkyl halides is 6. The summed E-state index contributed by atoms with van der Waals surface area (Å²) in [5, 5.41) is 0. The SMILES string of the molecule is Nc1nc(N)c2c(n1)CCN(c1ncccc1C(F)(F)F)CC2c1ccc(C(F)(F)F)cc1. The Morgan fingerprint density at radius 3 is 2.24 bits per heavy atom. The van der Waals surface area contributed by atoms with Gasteiger partial charge < -0.3 is 16.4 Å². The predicted molar refractivity (Wildman–Crippen MR) is 109 cm³/mol. The van der Waals surface area contributed by atoms with Gasteiger partial charge in [-0.05, 0) is 29.8 Å². The second kappa shape index (κ2) is 8.09. The van der Waals surface area contributed by atoms with Gasteiger partial charge in [0, 0.05) is 37.2 Å². The van der Waals surface area contributed by atoms with E-state index in [1.54, 1.807) is 0 Å². The van der Waals surface area contributed by atoms with E-state index in [-0.39, 0.29) is 37.1 Å². The van der Waals surface area contributed by atoms with Crippen LogP contribution in [0.15, 0.2) is 42.6 Å². The highest BCUT2D eigenvalue weighted by Crippen LogP contribution is 2.40. The van der Waals surface area contributed by atoms with Crippen molar-refractivity contribution < 1.29 is 26.3 Å². The summed E-state index contributed by atoms with van der Waals surface area (Å²) in [4.78, 5) is 13.6. The predicted octanol–water partition coefficient (Wildman–Crippen LogP) is 4.27. The molecule has 0 spiro atoms. The molecule has 0 saturated heterocycles. The number of anilines is 3. The van der Waals surface area contributed by atoms with Crippen molar-refractivity contribution in [1.82, 2.24) is 15.0 Å². The second-order valence-electron chi connectivity index (χ2n) is 7.57. The summed E-state index contributed by atoms with van der Waals surface area (Å²) >= 11 is 0. The number of nitrogens with two attached hydrogens (primary N) is 2. The second-order valence-corrected chi connectivity index (χ2v) is 7.57. The Bertz CT molecular complexity index is 1160. The highest BCUT2D eigenvalue weighted by Gasteiger charge is 2.38. The van der Waals surface area contributed by atoms with E-state index in [9.17, 15) is 26.3 Å². The van der Waals surface area contributed by atoms with E-state index in [1.807, 2.05) is 0 Å². The number of nitrogens with zero attached hydrogens (tertiary/aromatic N) is 4. The van der Waals surface area contributed by atoms with Gasteiger partial charge >= 0.3 is 12.4 Å². The van der Waals surface area contributed by atoms with Crippen molar-refractivity contribution in [3.8, 4) is 0 Å². The molecule has 0 fully saturated rings. The number of rotatable bonds is 2. The summed E-state index contributed by atoms with van der Waals surface area (Å²) in [6.45, 7) is 0.0794. The third-order valence-electron chi connectivity index (χ3n) is 5.47. The molecule has 0 bridgehead atoms. The smallest absolute Gasteiger partial charge is 0.383 e. The summed E-state index contributed by atoms with van der Waals surface area (Å²) in [6, 6.07) is 6.51. The van der Waals surface area contributed by atoms with E-state index in [0.717, 1.165) is 18.2 Å². The maximum atomic E-state index is 13.6. The van der Waals surface area contributed by atoms with Crippen LogP contribution in [0, 0.1) is 0 Å². The van der Waals surface area contributed by atoms with Gasteiger partial charge in [-0.15, -0.1) is 0 Å². The van der Waals surface area contributed by atoms with E-state index in [2.05, 4.69) is 15.0 Å². The number of hydrogen-bond donors (Lipinski definition) is 2. The van der Waals surface area contributed by atoms with Gasteiger partial charge in [-0.25, -0.2) is 9.97 Å². The Morgan fingerprint density at radius 2 is 1.61 bits per heavy atom. The maximum Gasteiger partial charge on any atom is 0.419 e. The molecule has 3 aromatic rings. The molecule has 1 aromatic carbocycles. The molecule has 12 heteroatoms. The summed E-state index contributed by atoms with van der Waals surface area (Å²) < 4.78 is 80.0. The molecule has 1 aliphatic heterocycles. The number of halogens is 6. The molecule has 1 aliphatic rings. The molecule has 1 unspecified atom stereocenters. The number of benzene rings is 1. The molecule has 6 nitrogen and oxygen atoms in total. The fraction of sp³-hybridized carbons (Fsp3) is 0.286. The zero-order chi connectivity index (χ0) is 24.0. The lowest BCUT2D eigenvalue weighted by Gasteiger charge is -2.28. The first-order chi connectivity index (χ1) is 15.4. The van der Waals surface area contributed by atoms with Crippen molar-refractivity contribution in [2.45, 2.75) is 24.7 Å². The zero-order valence-corrected chi connectivity index (χ0v) is 17.0. The number of aromatic nitrogens is 3. The van der Waals surface area contributed by atoms with E-state index in [1.165, 1.54) is 29.3 Å². The minimum Gasteiger partial charge on any atom is -0.383 e. The number of nitrogen functional groups attached to an aromatic ring is 2. The molecule has 4 N–H and O–H groups in total. The van der Waals surface area contributed by atoms with E-state index in [0.29, 0.717) is 16.8 Å². The van der Waals surface area contributed by atoms with Crippen LogP contribution in [-0.4, -0.2) is 28.0 Å². The third kappa shape index (κ3) is 4.50. The van der Waals surface area contributed by atoms with Crippen molar-refractivity contribution in [2.24, 2.45) is 0 Å². The Labute approximate surface area is 184 Å². The number of hydrogen-bond acceptors (Lipinski definition) is 6. The van der Waals surface area contributed by atoms with Crippen LogP contribution in [0.1, 0.15) is 33.9 Å². The maximum absolute atomic E-state index is 13.6. The Kier molecular flexibility index (Phi) is 5.54. The largest absolute Gasteiger partial charge is 0.419 e.